The zero-order valence-corrected chi connectivity index (χ0v) is 15.7. The summed E-state index contributed by atoms with van der Waals surface area (Å²) in [6.45, 7) is 4.66. The van der Waals surface area contributed by atoms with Gasteiger partial charge in [0.05, 0.1) is 17.9 Å². The summed E-state index contributed by atoms with van der Waals surface area (Å²) in [7, 11) is 0. The molecule has 1 saturated heterocycles. The van der Waals surface area contributed by atoms with Crippen molar-refractivity contribution in [3.63, 3.8) is 0 Å². The predicted molar refractivity (Wildman–Crippen MR) is 102 cm³/mol. The van der Waals surface area contributed by atoms with E-state index in [2.05, 4.69) is 44.8 Å². The van der Waals surface area contributed by atoms with E-state index in [4.69, 9.17) is 4.52 Å². The molecule has 1 saturated carbocycles. The van der Waals surface area contributed by atoms with E-state index in [1.54, 1.807) is 11.0 Å². The van der Waals surface area contributed by atoms with E-state index in [0.717, 1.165) is 58.4 Å². The van der Waals surface area contributed by atoms with Gasteiger partial charge >= 0.3 is 5.88 Å². The molecule has 1 N–H and O–H groups in total. The van der Waals surface area contributed by atoms with Crippen molar-refractivity contribution in [3.8, 4) is 0 Å². The molecule has 0 bridgehead atoms. The summed E-state index contributed by atoms with van der Waals surface area (Å²) < 4.78 is 5.33. The van der Waals surface area contributed by atoms with Crippen LogP contribution in [0.15, 0.2) is 41.1 Å². The molecule has 1 aliphatic heterocycles. The molecular weight excluding hydrogens is 342 g/mol. The topological polar surface area (TPSA) is 65.5 Å². The number of carbonyl (C=O) groups excluding carboxylic acids is 1. The number of hydrogen-bond acceptors (Lipinski definition) is 5. The number of aromatic nitrogens is 2. The van der Waals surface area contributed by atoms with Gasteiger partial charge in [0.1, 0.15) is 0 Å². The molecular formula is C20H28N5O2+. The second kappa shape index (κ2) is 8.52. The Kier molecular flexibility index (Phi) is 5.67. The summed E-state index contributed by atoms with van der Waals surface area (Å²) in [4.78, 5) is 16.5. The Balaban J connectivity index is 1.27. The Morgan fingerprint density at radius 3 is 2.59 bits per heavy atom. The van der Waals surface area contributed by atoms with Crippen LogP contribution in [0.3, 0.4) is 0 Å². The van der Waals surface area contributed by atoms with Crippen LogP contribution in [0.1, 0.15) is 37.7 Å². The van der Waals surface area contributed by atoms with Crippen LogP contribution < -0.4 is 15.1 Å². The fourth-order valence-electron chi connectivity index (χ4n) is 3.96. The maximum Gasteiger partial charge on any atom is 0.305 e. The molecule has 1 amide bonds. The maximum absolute atomic E-state index is 12.3. The first-order chi connectivity index (χ1) is 13.3. The third-order valence-corrected chi connectivity index (χ3v) is 5.57. The lowest BCUT2D eigenvalue weighted by atomic mass is 9.89. The third-order valence-electron chi connectivity index (χ3n) is 5.57. The molecule has 0 unspecified atom stereocenters. The molecule has 1 aliphatic carbocycles. The van der Waals surface area contributed by atoms with E-state index in [1.165, 1.54) is 12.0 Å². The zero-order valence-electron chi connectivity index (χ0n) is 15.7. The summed E-state index contributed by atoms with van der Waals surface area (Å²) in [6, 6.07) is 10.5. The van der Waals surface area contributed by atoms with Gasteiger partial charge in [-0.2, -0.15) is 5.01 Å². The van der Waals surface area contributed by atoms with Crippen molar-refractivity contribution < 1.29 is 14.1 Å². The molecule has 2 fully saturated rings. The lowest BCUT2D eigenvalue weighted by molar-refractivity contribution is -0.759. The van der Waals surface area contributed by atoms with E-state index in [0.29, 0.717) is 5.88 Å². The Morgan fingerprint density at radius 2 is 1.85 bits per heavy atom. The van der Waals surface area contributed by atoms with Crippen LogP contribution in [-0.4, -0.2) is 42.3 Å². The standard InChI is InChI=1S/C20H27N5O2/c26-20(18-9-5-2-6-10-18)21-19-16-25(22-27-19)24-13-11-23(12-14-24)15-17-7-3-1-4-8-17/h1,3-4,7-8,16,18H,2,5-6,9-15H2/p+1. The van der Waals surface area contributed by atoms with Crippen molar-refractivity contribution in [1.29, 1.82) is 0 Å². The van der Waals surface area contributed by atoms with Gasteiger partial charge < -0.3 is 0 Å². The number of nitrogens with one attached hydrogen (secondary N) is 1. The molecule has 2 heterocycles. The number of benzene rings is 1. The highest BCUT2D eigenvalue weighted by molar-refractivity contribution is 5.91. The van der Waals surface area contributed by atoms with Gasteiger partial charge in [0.15, 0.2) is 0 Å². The largest absolute Gasteiger partial charge is 0.305 e. The Labute approximate surface area is 159 Å². The highest BCUT2D eigenvalue weighted by atomic mass is 16.5. The maximum atomic E-state index is 12.3. The Hall–Kier alpha value is -2.41. The van der Waals surface area contributed by atoms with Crippen molar-refractivity contribution in [2.45, 2.75) is 38.6 Å². The van der Waals surface area contributed by atoms with Crippen LogP contribution in [0.5, 0.6) is 0 Å². The number of hydrogen-bond donors (Lipinski definition) is 1. The molecule has 0 spiro atoms. The summed E-state index contributed by atoms with van der Waals surface area (Å²) in [6.07, 6.45) is 7.24. The monoisotopic (exact) mass is 370 g/mol. The van der Waals surface area contributed by atoms with Crippen molar-refractivity contribution in [2.24, 2.45) is 5.92 Å². The van der Waals surface area contributed by atoms with Crippen LogP contribution in [-0.2, 0) is 11.3 Å². The van der Waals surface area contributed by atoms with Gasteiger partial charge in [-0.3, -0.25) is 19.5 Å². The average Bonchev–Trinajstić information content (AvgIpc) is 3.18. The van der Waals surface area contributed by atoms with Gasteiger partial charge in [-0.1, -0.05) is 49.6 Å². The van der Waals surface area contributed by atoms with Crippen LogP contribution in [0, 0.1) is 5.92 Å². The molecule has 144 valence electrons. The molecule has 7 heteroatoms. The minimum atomic E-state index is 0.0608. The van der Waals surface area contributed by atoms with Gasteiger partial charge in [0, 0.05) is 25.6 Å². The van der Waals surface area contributed by atoms with Gasteiger partial charge in [-0.25, -0.2) is 0 Å². The van der Waals surface area contributed by atoms with Crippen molar-refractivity contribution in [2.75, 3.05) is 36.5 Å². The van der Waals surface area contributed by atoms with Crippen molar-refractivity contribution in [1.82, 2.24) is 10.2 Å². The molecule has 2 aliphatic rings. The van der Waals surface area contributed by atoms with E-state index in [-0.39, 0.29) is 11.8 Å². The normalized spacial score (nSPS) is 19.2. The quantitative estimate of drug-likeness (QED) is 0.815. The fraction of sp³-hybridized carbons (Fsp3) is 0.550. The lowest BCUT2D eigenvalue weighted by Gasteiger charge is -2.29. The number of carbonyl (C=O) groups is 1. The first-order valence-electron chi connectivity index (χ1n) is 9.99. The number of piperazine rings is 1. The highest BCUT2D eigenvalue weighted by Crippen LogP contribution is 2.24. The van der Waals surface area contributed by atoms with E-state index >= 15 is 0 Å². The minimum absolute atomic E-state index is 0.0608. The predicted octanol–water partition coefficient (Wildman–Crippen LogP) is 1.93. The summed E-state index contributed by atoms with van der Waals surface area (Å²) in [5.74, 6) is 0.599. The minimum Gasteiger partial charge on any atom is -0.295 e. The molecule has 27 heavy (non-hydrogen) atoms. The molecule has 4 rings (SSSR count). The molecule has 2 aromatic rings. The highest BCUT2D eigenvalue weighted by Gasteiger charge is 2.28. The third kappa shape index (κ3) is 4.66. The number of anilines is 1. The smallest absolute Gasteiger partial charge is 0.295 e. The van der Waals surface area contributed by atoms with Crippen molar-refractivity contribution in [3.05, 3.63) is 42.1 Å². The Morgan fingerprint density at radius 1 is 1.11 bits per heavy atom. The second-order valence-electron chi connectivity index (χ2n) is 7.53. The SMILES string of the molecule is O=C(Nc1c[n+](N2CCN(Cc3ccccc3)CC2)no1)C1CCCCC1. The Bertz CT molecular complexity index is 734. The summed E-state index contributed by atoms with van der Waals surface area (Å²) in [5, 5.41) is 9.11. The number of rotatable bonds is 5. The van der Waals surface area contributed by atoms with Gasteiger partial charge in [-0.05, 0) is 18.4 Å². The fourth-order valence-corrected chi connectivity index (χ4v) is 3.96. The first kappa shape index (κ1) is 18.0. The van der Waals surface area contributed by atoms with Gasteiger partial charge in [0.25, 0.3) is 6.20 Å². The molecule has 0 radical (unpaired) electrons. The van der Waals surface area contributed by atoms with E-state index in [1.807, 2.05) is 6.07 Å². The molecule has 0 atom stereocenters. The zero-order chi connectivity index (χ0) is 18.5. The number of amides is 1. The van der Waals surface area contributed by atoms with Crippen LogP contribution in [0.25, 0.3) is 0 Å². The van der Waals surface area contributed by atoms with Crippen LogP contribution in [0.4, 0.5) is 5.88 Å². The van der Waals surface area contributed by atoms with Crippen LogP contribution in [0.2, 0.25) is 0 Å². The number of nitrogens with zero attached hydrogens (tertiary/aromatic N) is 4. The summed E-state index contributed by atoms with van der Waals surface area (Å²) >= 11 is 0. The van der Waals surface area contributed by atoms with Gasteiger partial charge in [-0.15, -0.1) is 0 Å². The summed E-state index contributed by atoms with van der Waals surface area (Å²) in [5.41, 5.74) is 1.34. The van der Waals surface area contributed by atoms with Gasteiger partial charge in [0.2, 0.25) is 11.2 Å². The average molecular weight is 370 g/mol. The molecule has 1 aromatic heterocycles. The van der Waals surface area contributed by atoms with Crippen LogP contribution >= 0.6 is 0 Å². The van der Waals surface area contributed by atoms with Crippen molar-refractivity contribution >= 4 is 11.8 Å². The second-order valence-corrected chi connectivity index (χ2v) is 7.53. The lowest BCUT2D eigenvalue weighted by Crippen LogP contribution is -2.65. The van der Waals surface area contributed by atoms with E-state index < -0.39 is 0 Å². The first-order valence-corrected chi connectivity index (χ1v) is 9.99. The van der Waals surface area contributed by atoms with E-state index in [9.17, 15) is 4.79 Å². The molecule has 7 nitrogen and oxygen atoms in total. The molecule has 1 aromatic carbocycles.